The van der Waals surface area contributed by atoms with Gasteiger partial charge in [-0.15, -0.1) is 0 Å². The molecule has 8 heterocycles. The van der Waals surface area contributed by atoms with Gasteiger partial charge in [-0.3, -0.25) is 24.7 Å². The van der Waals surface area contributed by atoms with Crippen LogP contribution in [0.5, 0.6) is 11.6 Å². The van der Waals surface area contributed by atoms with Gasteiger partial charge in [0.15, 0.2) is 11.4 Å². The predicted octanol–water partition coefficient (Wildman–Crippen LogP) is 7.07. The van der Waals surface area contributed by atoms with E-state index in [1.165, 1.54) is 42.9 Å². The van der Waals surface area contributed by atoms with Gasteiger partial charge in [0.05, 0.1) is 65.7 Å². The topological polar surface area (TPSA) is 197 Å². The number of nitro benzene ring substituents is 1. The molecule has 1 aliphatic carbocycles. The molecular weight excluding hydrogens is 927 g/mol. The number of sulfonamides is 1. The number of fused-ring (bicyclic) bond motifs is 3. The minimum Gasteiger partial charge on any atom is -0.489 e. The zero-order valence-electron chi connectivity index (χ0n) is 40.2. The average molecular weight is 988 g/mol. The number of anilines is 4. The van der Waals surface area contributed by atoms with E-state index in [0.29, 0.717) is 86.3 Å². The fourth-order valence-electron chi connectivity index (χ4n) is 12.4. The third-order valence-electron chi connectivity index (χ3n) is 16.5. The number of aromatic amines is 1. The van der Waals surface area contributed by atoms with E-state index < -0.39 is 37.5 Å². The van der Waals surface area contributed by atoms with Gasteiger partial charge in [0, 0.05) is 73.7 Å². The van der Waals surface area contributed by atoms with Gasteiger partial charge < -0.3 is 39.0 Å². The number of ether oxygens (including phenoxy) is 4. The van der Waals surface area contributed by atoms with Crippen LogP contribution >= 0.6 is 0 Å². The Morgan fingerprint density at radius 3 is 2.54 bits per heavy atom. The SMILES string of the molecule is Cc1ccccc1[C@@H]1CCCN1C1CC2(CCN(c3ccc(C(=O)NS(=O)(=O)c4cc5c(c([N+](=O)[O-])c4)N[C@H]([C@H]4CN(C6COC6)[C@H](C)CO4)CO5)c(N4CCCOc5nc6[nH]ccc6cc54)c3)CC2)C1. The Morgan fingerprint density at radius 1 is 0.915 bits per heavy atom. The summed E-state index contributed by atoms with van der Waals surface area (Å²) in [5.74, 6) is -0.492. The van der Waals surface area contributed by atoms with Crippen molar-refractivity contribution in [2.24, 2.45) is 5.41 Å². The Kier molecular flexibility index (Phi) is 11.8. The van der Waals surface area contributed by atoms with Crippen molar-refractivity contribution in [2.75, 3.05) is 80.9 Å². The number of benzene rings is 3. The monoisotopic (exact) mass is 987 g/mol. The lowest BCUT2D eigenvalue weighted by Gasteiger charge is -2.56. The second-order valence-electron chi connectivity index (χ2n) is 20.8. The van der Waals surface area contributed by atoms with E-state index in [1.807, 2.05) is 35.4 Å². The molecule has 4 saturated heterocycles. The minimum atomic E-state index is -4.69. The second-order valence-corrected chi connectivity index (χ2v) is 22.4. The molecule has 0 bridgehead atoms. The summed E-state index contributed by atoms with van der Waals surface area (Å²) in [7, 11) is -4.69. The fraction of sp³-hybridized carbons (Fsp3) is 0.500. The van der Waals surface area contributed by atoms with Crippen LogP contribution in [0.1, 0.15) is 79.4 Å². The van der Waals surface area contributed by atoms with Gasteiger partial charge in [-0.2, -0.15) is 4.98 Å². The van der Waals surface area contributed by atoms with Crippen LogP contribution < -0.4 is 29.3 Å². The smallest absolute Gasteiger partial charge is 0.297 e. The summed E-state index contributed by atoms with van der Waals surface area (Å²) >= 11 is 0. The normalized spacial score (nSPS) is 25.0. The first kappa shape index (κ1) is 46.1. The van der Waals surface area contributed by atoms with Crippen LogP contribution in [0.15, 0.2) is 77.8 Å². The maximum atomic E-state index is 14.6. The quantitative estimate of drug-likeness (QED) is 0.0949. The summed E-state index contributed by atoms with van der Waals surface area (Å²) in [4.78, 5) is 43.5. The number of amides is 1. The van der Waals surface area contributed by atoms with Crippen molar-refractivity contribution in [3.05, 3.63) is 99.7 Å². The number of pyridine rings is 1. The molecule has 7 aliphatic rings. The molecule has 4 atom stereocenters. The highest BCUT2D eigenvalue weighted by atomic mass is 32.2. The molecule has 19 heteroatoms. The van der Waals surface area contributed by atoms with Crippen molar-refractivity contribution in [3.8, 4) is 11.6 Å². The summed E-state index contributed by atoms with van der Waals surface area (Å²) in [5.41, 5.74) is 5.56. The molecule has 1 spiro atoms. The van der Waals surface area contributed by atoms with Crippen molar-refractivity contribution in [2.45, 2.75) is 100 Å². The van der Waals surface area contributed by atoms with E-state index in [1.54, 1.807) is 6.07 Å². The van der Waals surface area contributed by atoms with Crippen LogP contribution in [-0.2, 0) is 19.5 Å². The molecule has 12 rings (SSSR count). The van der Waals surface area contributed by atoms with E-state index in [4.69, 9.17) is 23.9 Å². The number of nitrogens with one attached hydrogen (secondary N) is 3. The third kappa shape index (κ3) is 8.52. The molecule has 5 aromatic rings. The predicted molar refractivity (Wildman–Crippen MR) is 268 cm³/mol. The van der Waals surface area contributed by atoms with Crippen molar-refractivity contribution < 1.29 is 37.1 Å². The number of aromatic nitrogens is 2. The summed E-state index contributed by atoms with van der Waals surface area (Å²) in [6, 6.07) is 21.6. The molecule has 0 unspecified atom stereocenters. The largest absolute Gasteiger partial charge is 0.489 e. The lowest BCUT2D eigenvalue weighted by atomic mass is 9.59. The highest BCUT2D eigenvalue weighted by molar-refractivity contribution is 7.90. The van der Waals surface area contributed by atoms with Gasteiger partial charge in [0.25, 0.3) is 21.6 Å². The zero-order chi connectivity index (χ0) is 48.6. The minimum absolute atomic E-state index is 0.00488. The summed E-state index contributed by atoms with van der Waals surface area (Å²) in [6.07, 6.45) is 9.05. The number of hydrogen-bond acceptors (Lipinski definition) is 15. The van der Waals surface area contributed by atoms with Gasteiger partial charge in [-0.25, -0.2) is 13.1 Å². The molecule has 3 aromatic carbocycles. The average Bonchev–Trinajstić information content (AvgIpc) is 3.97. The maximum Gasteiger partial charge on any atom is 0.297 e. The Labute approximate surface area is 413 Å². The number of H-pyrrole nitrogens is 1. The van der Waals surface area contributed by atoms with Crippen molar-refractivity contribution >= 4 is 55.4 Å². The Hall–Kier alpha value is -5.99. The molecule has 2 aromatic heterocycles. The molecule has 5 fully saturated rings. The highest BCUT2D eigenvalue weighted by Crippen LogP contribution is 2.54. The molecule has 18 nitrogen and oxygen atoms in total. The van der Waals surface area contributed by atoms with Gasteiger partial charge in [-0.05, 0) is 112 Å². The van der Waals surface area contributed by atoms with Crippen molar-refractivity contribution in [1.29, 1.82) is 0 Å². The first-order valence-electron chi connectivity index (χ1n) is 25.2. The zero-order valence-corrected chi connectivity index (χ0v) is 41.0. The molecule has 374 valence electrons. The third-order valence-corrected chi connectivity index (χ3v) is 17.8. The van der Waals surface area contributed by atoms with E-state index in [9.17, 15) is 23.3 Å². The van der Waals surface area contributed by atoms with Crippen LogP contribution in [0.25, 0.3) is 11.0 Å². The molecule has 0 radical (unpaired) electrons. The lowest BCUT2D eigenvalue weighted by molar-refractivity contribution is -0.384. The number of hydrogen-bond donors (Lipinski definition) is 3. The molecule has 71 heavy (non-hydrogen) atoms. The van der Waals surface area contributed by atoms with Crippen LogP contribution in [0.4, 0.5) is 28.4 Å². The van der Waals surface area contributed by atoms with Gasteiger partial charge in [-0.1, -0.05) is 24.3 Å². The molecule has 1 amide bonds. The summed E-state index contributed by atoms with van der Waals surface area (Å²) < 4.78 is 54.8. The number of aryl methyl sites for hydroxylation is 1. The van der Waals surface area contributed by atoms with E-state index >= 15 is 0 Å². The van der Waals surface area contributed by atoms with Crippen LogP contribution in [0.2, 0.25) is 0 Å². The number of carbonyl (C=O) groups is 1. The fourth-order valence-corrected chi connectivity index (χ4v) is 13.4. The number of rotatable bonds is 10. The first-order valence-corrected chi connectivity index (χ1v) is 26.7. The standard InChI is InChI=1S/C52H61N9O9S/c1-32-7-3-4-8-39(32)42-9-5-16-58(42)36-25-52(26-36)13-18-57(19-14-52)35-10-11-40(43(22-35)59-17-6-20-68-51-45(59)21-34-12-15-53-49(34)55-51)50(62)56-71(65,66)38-23-44(61(63)64)48-46(24-38)70-31-41(54-48)47-27-60(33(2)28-69-47)37-29-67-30-37/h3-4,7-8,10-12,15,21-24,33,36-37,41-42,47,54H,5-6,9,13-14,16-20,25-31H2,1-2H3,(H,53,55)(H,56,62)/t33-,41+,42+,47-/m1/s1. The Balaban J connectivity index is 0.799. The van der Waals surface area contributed by atoms with Gasteiger partial charge in [0.2, 0.25) is 5.88 Å². The summed E-state index contributed by atoms with van der Waals surface area (Å²) in [5, 5.41) is 16.7. The number of nitro groups is 1. The molecule has 3 N–H and O–H groups in total. The highest BCUT2D eigenvalue weighted by Gasteiger charge is 2.50. The van der Waals surface area contributed by atoms with E-state index in [-0.39, 0.29) is 41.8 Å². The van der Waals surface area contributed by atoms with Gasteiger partial charge in [0.1, 0.15) is 17.9 Å². The number of morpholine rings is 1. The van der Waals surface area contributed by atoms with Crippen LogP contribution in [0, 0.1) is 22.5 Å². The van der Waals surface area contributed by atoms with E-state index in [2.05, 4.69) is 67.8 Å². The Morgan fingerprint density at radius 2 is 1.75 bits per heavy atom. The van der Waals surface area contributed by atoms with Crippen molar-refractivity contribution in [1.82, 2.24) is 24.5 Å². The molecule has 1 saturated carbocycles. The van der Waals surface area contributed by atoms with Crippen LogP contribution in [0.3, 0.4) is 0 Å². The molecular formula is C52H61N9O9S. The number of nitrogens with zero attached hydrogens (tertiary/aromatic N) is 6. The molecule has 6 aliphatic heterocycles. The maximum absolute atomic E-state index is 14.6. The Bertz CT molecular complexity index is 2980. The second kappa shape index (κ2) is 18.2. The number of likely N-dealkylation sites (tertiary alicyclic amines) is 1. The lowest BCUT2D eigenvalue weighted by Crippen LogP contribution is -2.62. The first-order chi connectivity index (χ1) is 34.4. The number of piperidine rings is 1. The van der Waals surface area contributed by atoms with E-state index in [0.717, 1.165) is 49.6 Å². The van der Waals surface area contributed by atoms with Gasteiger partial charge >= 0.3 is 0 Å². The number of carbonyl (C=O) groups excluding carboxylic acids is 1. The summed E-state index contributed by atoms with van der Waals surface area (Å²) in [6.45, 7) is 10.5. The van der Waals surface area contributed by atoms with Crippen LogP contribution in [-0.4, -0.2) is 135 Å². The van der Waals surface area contributed by atoms with Crippen molar-refractivity contribution in [3.63, 3.8) is 0 Å².